The van der Waals surface area contributed by atoms with Crippen molar-refractivity contribution >= 4 is 21.8 Å². The number of rotatable bonds is 5. The van der Waals surface area contributed by atoms with Crippen molar-refractivity contribution in [1.82, 2.24) is 14.5 Å². The van der Waals surface area contributed by atoms with E-state index in [0.717, 1.165) is 19.5 Å². The van der Waals surface area contributed by atoms with Crippen molar-refractivity contribution < 1.29 is 18.0 Å². The largest absolute Gasteiger partial charge is 0.342 e. The summed E-state index contributed by atoms with van der Waals surface area (Å²) >= 11 is 0. The molecule has 2 atom stereocenters. The standard InChI is InChI=1S/C21H31N3O4S/c1-16-7-6-12-24(15-16)21(26)18-10-13-23(14-11-18)20(25)17(2)22-29(27,28)19-8-4-3-5-9-19/h3-5,8-9,16-18,22H,6-7,10-15H2,1-2H3/t16?,17-/m0/s1. The third kappa shape index (κ3) is 5.36. The molecule has 8 heteroatoms. The Morgan fingerprint density at radius 1 is 1.03 bits per heavy atom. The van der Waals surface area contributed by atoms with Crippen molar-refractivity contribution in [2.75, 3.05) is 26.2 Å². The lowest BCUT2D eigenvalue weighted by Crippen LogP contribution is -2.51. The molecule has 0 saturated carbocycles. The molecule has 3 rings (SSSR count). The first-order chi connectivity index (χ1) is 13.8. The fraction of sp³-hybridized carbons (Fsp3) is 0.619. The summed E-state index contributed by atoms with van der Waals surface area (Å²) in [7, 11) is -3.75. The lowest BCUT2D eigenvalue weighted by molar-refractivity contribution is -0.142. The highest BCUT2D eigenvalue weighted by Gasteiger charge is 2.33. The molecule has 29 heavy (non-hydrogen) atoms. The van der Waals surface area contributed by atoms with Crippen molar-refractivity contribution in [2.45, 2.75) is 50.5 Å². The minimum atomic E-state index is -3.75. The zero-order valence-electron chi connectivity index (χ0n) is 17.2. The van der Waals surface area contributed by atoms with Gasteiger partial charge in [-0.05, 0) is 50.7 Å². The van der Waals surface area contributed by atoms with Crippen molar-refractivity contribution in [1.29, 1.82) is 0 Å². The number of nitrogens with zero attached hydrogens (tertiary/aromatic N) is 2. The van der Waals surface area contributed by atoms with Crippen LogP contribution in [0.25, 0.3) is 0 Å². The summed E-state index contributed by atoms with van der Waals surface area (Å²) in [6, 6.07) is 7.17. The Bertz CT molecular complexity index is 820. The van der Waals surface area contributed by atoms with Crippen LogP contribution in [0.4, 0.5) is 0 Å². The van der Waals surface area contributed by atoms with Crippen molar-refractivity contribution in [3.63, 3.8) is 0 Å². The van der Waals surface area contributed by atoms with E-state index in [1.807, 2.05) is 4.90 Å². The summed E-state index contributed by atoms with van der Waals surface area (Å²) < 4.78 is 27.3. The third-order valence-corrected chi connectivity index (χ3v) is 7.44. The second-order valence-corrected chi connectivity index (χ2v) is 10.0. The van der Waals surface area contributed by atoms with Crippen LogP contribution in [0, 0.1) is 11.8 Å². The second-order valence-electron chi connectivity index (χ2n) is 8.29. The predicted octanol–water partition coefficient (Wildman–Crippen LogP) is 1.85. The summed E-state index contributed by atoms with van der Waals surface area (Å²) in [4.78, 5) is 29.3. The van der Waals surface area contributed by atoms with E-state index in [0.29, 0.717) is 31.8 Å². The smallest absolute Gasteiger partial charge is 0.241 e. The number of nitrogens with one attached hydrogen (secondary N) is 1. The van der Waals surface area contributed by atoms with Gasteiger partial charge in [-0.1, -0.05) is 25.1 Å². The topological polar surface area (TPSA) is 86.8 Å². The van der Waals surface area contributed by atoms with Crippen LogP contribution >= 0.6 is 0 Å². The van der Waals surface area contributed by atoms with Gasteiger partial charge in [0.2, 0.25) is 21.8 Å². The molecule has 0 spiro atoms. The highest BCUT2D eigenvalue weighted by atomic mass is 32.2. The number of hydrogen-bond acceptors (Lipinski definition) is 4. The highest BCUT2D eigenvalue weighted by Crippen LogP contribution is 2.24. The van der Waals surface area contributed by atoms with E-state index >= 15 is 0 Å². The first-order valence-electron chi connectivity index (χ1n) is 10.4. The molecule has 7 nitrogen and oxygen atoms in total. The average Bonchev–Trinajstić information content (AvgIpc) is 2.73. The molecule has 2 amide bonds. The first-order valence-corrected chi connectivity index (χ1v) is 11.9. The van der Waals surface area contributed by atoms with Crippen LogP contribution in [0.3, 0.4) is 0 Å². The van der Waals surface area contributed by atoms with Crippen LogP contribution in [0.5, 0.6) is 0 Å². The van der Waals surface area contributed by atoms with E-state index in [4.69, 9.17) is 0 Å². The van der Waals surface area contributed by atoms with Crippen LogP contribution in [0.1, 0.15) is 39.5 Å². The maximum atomic E-state index is 12.8. The SMILES string of the molecule is CC1CCCN(C(=O)C2CCN(C(=O)[C@H](C)NS(=O)(=O)c3ccccc3)CC2)C1. The van der Waals surface area contributed by atoms with Gasteiger partial charge < -0.3 is 9.80 Å². The van der Waals surface area contributed by atoms with Gasteiger partial charge in [-0.15, -0.1) is 0 Å². The second kappa shape index (κ2) is 9.26. The van der Waals surface area contributed by atoms with Crippen molar-refractivity contribution in [3.8, 4) is 0 Å². The van der Waals surface area contributed by atoms with Crippen molar-refractivity contribution in [3.05, 3.63) is 30.3 Å². The molecular formula is C21H31N3O4S. The molecule has 0 aromatic heterocycles. The van der Waals surface area contributed by atoms with E-state index in [1.165, 1.54) is 18.6 Å². The molecular weight excluding hydrogens is 390 g/mol. The fourth-order valence-corrected chi connectivity index (χ4v) is 5.44. The average molecular weight is 422 g/mol. The maximum Gasteiger partial charge on any atom is 0.241 e. The molecule has 1 N–H and O–H groups in total. The molecule has 2 aliphatic rings. The van der Waals surface area contributed by atoms with Gasteiger partial charge >= 0.3 is 0 Å². The molecule has 0 bridgehead atoms. The Hall–Kier alpha value is -1.93. The Morgan fingerprint density at radius 3 is 2.31 bits per heavy atom. The number of hydrogen-bond donors (Lipinski definition) is 1. The number of likely N-dealkylation sites (tertiary alicyclic amines) is 2. The van der Waals surface area contributed by atoms with Crippen LogP contribution in [0.2, 0.25) is 0 Å². The van der Waals surface area contributed by atoms with Crippen LogP contribution in [0.15, 0.2) is 35.2 Å². The lowest BCUT2D eigenvalue weighted by Gasteiger charge is -2.37. The van der Waals surface area contributed by atoms with E-state index in [-0.39, 0.29) is 22.6 Å². The molecule has 160 valence electrons. The van der Waals surface area contributed by atoms with Gasteiger partial charge in [0.15, 0.2) is 0 Å². The molecule has 2 saturated heterocycles. The van der Waals surface area contributed by atoms with E-state index in [1.54, 1.807) is 30.0 Å². The number of carbonyl (C=O) groups is 2. The monoisotopic (exact) mass is 421 g/mol. The normalized spacial score (nSPS) is 22.3. The predicted molar refractivity (Wildman–Crippen MR) is 111 cm³/mol. The number of sulfonamides is 1. The number of amides is 2. The summed E-state index contributed by atoms with van der Waals surface area (Å²) in [5, 5.41) is 0. The third-order valence-electron chi connectivity index (χ3n) is 5.88. The molecule has 2 heterocycles. The van der Waals surface area contributed by atoms with Gasteiger partial charge in [0.1, 0.15) is 0 Å². The zero-order valence-corrected chi connectivity index (χ0v) is 18.0. The zero-order chi connectivity index (χ0) is 21.0. The number of carbonyl (C=O) groups excluding carboxylic acids is 2. The Labute approximate surface area is 173 Å². The molecule has 1 aromatic carbocycles. The maximum absolute atomic E-state index is 12.8. The van der Waals surface area contributed by atoms with Gasteiger partial charge in [-0.25, -0.2) is 8.42 Å². The Kier molecular flexibility index (Phi) is 6.95. The number of benzene rings is 1. The quantitative estimate of drug-likeness (QED) is 0.786. The van der Waals surface area contributed by atoms with Gasteiger partial charge in [-0.3, -0.25) is 9.59 Å². The fourth-order valence-electron chi connectivity index (χ4n) is 4.22. The van der Waals surface area contributed by atoms with Gasteiger partial charge in [0.25, 0.3) is 0 Å². The summed E-state index contributed by atoms with van der Waals surface area (Å²) in [5.41, 5.74) is 0. The summed E-state index contributed by atoms with van der Waals surface area (Å²) in [5.74, 6) is 0.469. The van der Waals surface area contributed by atoms with E-state index in [2.05, 4.69) is 11.6 Å². The summed E-state index contributed by atoms with van der Waals surface area (Å²) in [6.45, 7) is 6.37. The Balaban J connectivity index is 1.52. The molecule has 0 aliphatic carbocycles. The van der Waals surface area contributed by atoms with E-state index < -0.39 is 16.1 Å². The van der Waals surface area contributed by atoms with Gasteiger partial charge in [-0.2, -0.15) is 4.72 Å². The summed E-state index contributed by atoms with van der Waals surface area (Å²) in [6.07, 6.45) is 3.50. The minimum Gasteiger partial charge on any atom is -0.342 e. The molecule has 1 unspecified atom stereocenters. The molecule has 2 fully saturated rings. The van der Waals surface area contributed by atoms with Crippen LogP contribution in [-0.2, 0) is 19.6 Å². The van der Waals surface area contributed by atoms with Gasteiger partial charge in [0.05, 0.1) is 10.9 Å². The number of piperidine rings is 2. The van der Waals surface area contributed by atoms with Gasteiger partial charge in [0, 0.05) is 32.1 Å². The Morgan fingerprint density at radius 2 is 1.69 bits per heavy atom. The highest BCUT2D eigenvalue weighted by molar-refractivity contribution is 7.89. The minimum absolute atomic E-state index is 0.0410. The van der Waals surface area contributed by atoms with Crippen LogP contribution < -0.4 is 4.72 Å². The molecule has 2 aliphatic heterocycles. The first kappa shape index (κ1) is 21.8. The molecule has 1 aromatic rings. The lowest BCUT2D eigenvalue weighted by atomic mass is 9.92. The van der Waals surface area contributed by atoms with Crippen LogP contribution in [-0.4, -0.2) is 62.3 Å². The van der Waals surface area contributed by atoms with E-state index in [9.17, 15) is 18.0 Å². The molecule has 0 radical (unpaired) electrons. The van der Waals surface area contributed by atoms with Crippen molar-refractivity contribution in [2.24, 2.45) is 11.8 Å².